The van der Waals surface area contributed by atoms with Crippen LogP contribution in [0.1, 0.15) is 5.56 Å². The van der Waals surface area contributed by atoms with E-state index in [-0.39, 0.29) is 0 Å². The number of hydrazone groups is 1. The van der Waals surface area contributed by atoms with Crippen LogP contribution < -0.4 is 5.43 Å². The first-order valence-corrected chi connectivity index (χ1v) is 4.17. The summed E-state index contributed by atoms with van der Waals surface area (Å²) in [5.74, 6) is 0. The topological polar surface area (TPSA) is 41.5 Å². The lowest BCUT2D eigenvalue weighted by molar-refractivity contribution is -0.109. The summed E-state index contributed by atoms with van der Waals surface area (Å²) in [6.07, 6.45) is 1.91. The molecular weight excluding hydrogens is 211 g/mol. The van der Waals surface area contributed by atoms with Crippen LogP contribution in [0.2, 0.25) is 10.0 Å². The highest BCUT2D eigenvalue weighted by Crippen LogP contribution is 2.19. The maximum Gasteiger partial charge on any atom is 0.227 e. The van der Waals surface area contributed by atoms with Gasteiger partial charge in [0.25, 0.3) is 0 Å². The van der Waals surface area contributed by atoms with E-state index in [1.807, 2.05) is 0 Å². The van der Waals surface area contributed by atoms with Crippen LogP contribution in [-0.2, 0) is 4.79 Å². The number of halogens is 2. The highest BCUT2D eigenvalue weighted by Gasteiger charge is 1.97. The number of nitrogens with one attached hydrogen (secondary N) is 1. The van der Waals surface area contributed by atoms with Gasteiger partial charge in [-0.25, -0.2) is 5.43 Å². The second-order valence-corrected chi connectivity index (χ2v) is 3.01. The molecule has 0 aliphatic rings. The van der Waals surface area contributed by atoms with E-state index in [4.69, 9.17) is 23.2 Å². The lowest BCUT2D eigenvalue weighted by Crippen LogP contribution is -2.00. The number of benzene rings is 1. The Kier molecular flexibility index (Phi) is 3.73. The minimum Gasteiger partial charge on any atom is -0.277 e. The van der Waals surface area contributed by atoms with Crippen molar-refractivity contribution in [2.24, 2.45) is 5.10 Å². The zero-order valence-corrected chi connectivity index (χ0v) is 8.01. The molecule has 0 fully saturated rings. The van der Waals surface area contributed by atoms with Crippen molar-refractivity contribution in [2.45, 2.75) is 0 Å². The Morgan fingerprint density at radius 3 is 2.77 bits per heavy atom. The summed E-state index contributed by atoms with van der Waals surface area (Å²) in [5, 5.41) is 4.63. The molecule has 1 aromatic carbocycles. The van der Waals surface area contributed by atoms with Crippen molar-refractivity contribution in [2.75, 3.05) is 0 Å². The van der Waals surface area contributed by atoms with Gasteiger partial charge >= 0.3 is 0 Å². The van der Waals surface area contributed by atoms with Crippen molar-refractivity contribution >= 4 is 35.8 Å². The summed E-state index contributed by atoms with van der Waals surface area (Å²) in [6.45, 7) is 0. The van der Waals surface area contributed by atoms with Crippen molar-refractivity contribution in [1.29, 1.82) is 0 Å². The third-order valence-corrected chi connectivity index (χ3v) is 1.86. The molecule has 0 radical (unpaired) electrons. The molecule has 1 amide bonds. The smallest absolute Gasteiger partial charge is 0.227 e. The Labute approximate surface area is 85.3 Å². The molecule has 13 heavy (non-hydrogen) atoms. The van der Waals surface area contributed by atoms with Crippen LogP contribution in [0.3, 0.4) is 0 Å². The molecule has 0 aliphatic carbocycles. The fourth-order valence-electron chi connectivity index (χ4n) is 0.743. The molecule has 1 aromatic rings. The molecule has 68 valence electrons. The van der Waals surface area contributed by atoms with Crippen LogP contribution in [0.4, 0.5) is 0 Å². The average Bonchev–Trinajstić information content (AvgIpc) is 2.09. The van der Waals surface area contributed by atoms with Crippen LogP contribution in [0.25, 0.3) is 0 Å². The lowest BCUT2D eigenvalue weighted by Gasteiger charge is -1.96. The number of carbonyl (C=O) groups is 1. The molecule has 1 N–H and O–H groups in total. The largest absolute Gasteiger partial charge is 0.277 e. The molecule has 0 unspecified atom stereocenters. The van der Waals surface area contributed by atoms with Crippen molar-refractivity contribution < 1.29 is 4.79 Å². The Morgan fingerprint density at radius 2 is 2.15 bits per heavy atom. The molecule has 0 heterocycles. The number of rotatable bonds is 3. The van der Waals surface area contributed by atoms with Crippen LogP contribution in [0, 0.1) is 0 Å². The highest BCUT2D eigenvalue weighted by atomic mass is 35.5. The second-order valence-electron chi connectivity index (χ2n) is 2.17. The molecule has 0 spiro atoms. The summed E-state index contributed by atoms with van der Waals surface area (Å²) in [6, 6.07) is 5.00. The first kappa shape index (κ1) is 10.0. The third kappa shape index (κ3) is 3.05. The number of hydrogen-bond donors (Lipinski definition) is 1. The van der Waals surface area contributed by atoms with Gasteiger partial charge in [-0.1, -0.05) is 29.3 Å². The quantitative estimate of drug-likeness (QED) is 0.470. The van der Waals surface area contributed by atoms with E-state index in [1.165, 1.54) is 6.21 Å². The molecule has 0 saturated carbocycles. The van der Waals surface area contributed by atoms with E-state index in [0.29, 0.717) is 22.0 Å². The third-order valence-electron chi connectivity index (χ3n) is 1.29. The Bertz CT molecular complexity index is 339. The summed E-state index contributed by atoms with van der Waals surface area (Å²) in [7, 11) is 0. The van der Waals surface area contributed by atoms with Crippen molar-refractivity contribution in [3.05, 3.63) is 33.8 Å². The molecule has 0 saturated heterocycles. The molecule has 3 nitrogen and oxygen atoms in total. The number of amides is 1. The van der Waals surface area contributed by atoms with Gasteiger partial charge in [-0.05, 0) is 12.1 Å². The molecule has 1 rings (SSSR count). The molecule has 0 atom stereocenters. The number of nitrogens with zero attached hydrogens (tertiary/aromatic N) is 1. The minimum atomic E-state index is 0.473. The second kappa shape index (κ2) is 4.84. The van der Waals surface area contributed by atoms with Crippen LogP contribution >= 0.6 is 23.2 Å². The van der Waals surface area contributed by atoms with E-state index in [1.54, 1.807) is 18.2 Å². The van der Waals surface area contributed by atoms with Crippen LogP contribution in [0.5, 0.6) is 0 Å². The Hall–Kier alpha value is -1.06. The first-order chi connectivity index (χ1) is 6.24. The summed E-state index contributed by atoms with van der Waals surface area (Å²) < 4.78 is 0. The summed E-state index contributed by atoms with van der Waals surface area (Å²) in [5.41, 5.74) is 2.83. The van der Waals surface area contributed by atoms with Crippen LogP contribution in [0.15, 0.2) is 23.3 Å². The van der Waals surface area contributed by atoms with Gasteiger partial charge in [-0.15, -0.1) is 0 Å². The van der Waals surface area contributed by atoms with Gasteiger partial charge in [0.05, 0.1) is 11.2 Å². The van der Waals surface area contributed by atoms with Gasteiger partial charge in [0, 0.05) is 10.6 Å². The normalized spacial score (nSPS) is 10.3. The zero-order chi connectivity index (χ0) is 9.68. The van der Waals surface area contributed by atoms with Gasteiger partial charge in [-0.2, -0.15) is 5.10 Å². The van der Waals surface area contributed by atoms with Crippen molar-refractivity contribution in [3.63, 3.8) is 0 Å². The number of hydrogen-bond acceptors (Lipinski definition) is 2. The first-order valence-electron chi connectivity index (χ1n) is 3.41. The van der Waals surface area contributed by atoms with E-state index >= 15 is 0 Å². The summed E-state index contributed by atoms with van der Waals surface area (Å²) in [4.78, 5) is 9.86. The number of carbonyl (C=O) groups excluding carboxylic acids is 1. The minimum absolute atomic E-state index is 0.473. The highest BCUT2D eigenvalue weighted by molar-refractivity contribution is 6.36. The van der Waals surface area contributed by atoms with Gasteiger partial charge < -0.3 is 0 Å². The maximum absolute atomic E-state index is 9.86. The van der Waals surface area contributed by atoms with E-state index in [2.05, 4.69) is 10.5 Å². The standard InChI is InChI=1S/C8H6Cl2N2O/c9-7-2-1-6(8(10)3-7)4-11-12-5-13/h1-5H,(H,12,13). The molecule has 5 heteroatoms. The predicted molar refractivity (Wildman–Crippen MR) is 53.3 cm³/mol. The summed E-state index contributed by atoms with van der Waals surface area (Å²) >= 11 is 11.5. The van der Waals surface area contributed by atoms with Gasteiger partial charge in [0.2, 0.25) is 6.41 Å². The lowest BCUT2D eigenvalue weighted by atomic mass is 10.2. The zero-order valence-electron chi connectivity index (χ0n) is 6.50. The average molecular weight is 217 g/mol. The fourth-order valence-corrected chi connectivity index (χ4v) is 1.20. The Balaban J connectivity index is 2.83. The van der Waals surface area contributed by atoms with Crippen molar-refractivity contribution in [3.8, 4) is 0 Å². The Morgan fingerprint density at radius 1 is 1.38 bits per heavy atom. The SMILES string of the molecule is O=CNN=Cc1ccc(Cl)cc1Cl. The van der Waals surface area contributed by atoms with Gasteiger partial charge in [-0.3, -0.25) is 4.79 Å². The molecule has 0 aliphatic heterocycles. The predicted octanol–water partition coefficient (Wildman–Crippen LogP) is 2.07. The fraction of sp³-hybridized carbons (Fsp3) is 0. The van der Waals surface area contributed by atoms with E-state index < -0.39 is 0 Å². The molecule has 0 bridgehead atoms. The molecular formula is C8H6Cl2N2O. The van der Waals surface area contributed by atoms with E-state index in [9.17, 15) is 4.79 Å². The van der Waals surface area contributed by atoms with Gasteiger partial charge in [0.15, 0.2) is 0 Å². The van der Waals surface area contributed by atoms with Crippen LogP contribution in [-0.4, -0.2) is 12.6 Å². The van der Waals surface area contributed by atoms with E-state index in [0.717, 1.165) is 0 Å². The maximum atomic E-state index is 9.86. The molecule has 0 aromatic heterocycles. The van der Waals surface area contributed by atoms with Gasteiger partial charge in [0.1, 0.15) is 0 Å². The monoisotopic (exact) mass is 216 g/mol. The van der Waals surface area contributed by atoms with Crippen molar-refractivity contribution in [1.82, 2.24) is 5.43 Å².